The van der Waals surface area contributed by atoms with E-state index in [0.29, 0.717) is 6.42 Å². The van der Waals surface area contributed by atoms with Gasteiger partial charge in [-0.3, -0.25) is 0 Å². The lowest BCUT2D eigenvalue weighted by Gasteiger charge is -2.24. The Morgan fingerprint density at radius 1 is 1.62 bits per heavy atom. The van der Waals surface area contributed by atoms with E-state index in [4.69, 9.17) is 4.74 Å². The maximum absolute atomic E-state index is 10.2. The Bertz CT molecular complexity index is 163. The molecule has 0 aromatic rings. The van der Waals surface area contributed by atoms with Gasteiger partial charge in [0.2, 0.25) is 0 Å². The molecule has 2 unspecified atom stereocenters. The van der Waals surface area contributed by atoms with Crippen molar-refractivity contribution in [1.82, 2.24) is 0 Å². The molecule has 2 nitrogen and oxygen atoms in total. The van der Waals surface area contributed by atoms with E-state index in [-0.39, 0.29) is 6.10 Å². The number of unbranched alkanes of at least 4 members (excludes halogenated alkanes) is 2. The molecule has 1 saturated heterocycles. The average Bonchev–Trinajstić information content (AvgIpc) is 2.87. The number of ether oxygens (including phenoxy) is 1. The van der Waals surface area contributed by atoms with Gasteiger partial charge in [-0.05, 0) is 12.8 Å². The van der Waals surface area contributed by atoms with Gasteiger partial charge >= 0.3 is 0 Å². The van der Waals surface area contributed by atoms with Gasteiger partial charge in [0.1, 0.15) is 6.10 Å². The number of hydrogen-bond donors (Lipinski definition) is 1. The van der Waals surface area contributed by atoms with Gasteiger partial charge in [0.25, 0.3) is 0 Å². The minimum atomic E-state index is -0.628. The maximum atomic E-state index is 10.2. The molecule has 2 heteroatoms. The summed E-state index contributed by atoms with van der Waals surface area (Å²) in [7, 11) is 0. The summed E-state index contributed by atoms with van der Waals surface area (Å²) in [4.78, 5) is 0. The van der Waals surface area contributed by atoms with Crippen LogP contribution in [0.25, 0.3) is 0 Å². The molecule has 2 atom stereocenters. The topological polar surface area (TPSA) is 32.8 Å². The lowest BCUT2D eigenvalue weighted by atomic mass is 9.89. The zero-order valence-corrected chi connectivity index (χ0v) is 8.46. The summed E-state index contributed by atoms with van der Waals surface area (Å²) in [5.41, 5.74) is -0.628. The number of hydrogen-bond acceptors (Lipinski definition) is 2. The summed E-state index contributed by atoms with van der Waals surface area (Å²) >= 11 is 0. The van der Waals surface area contributed by atoms with Crippen LogP contribution in [-0.4, -0.2) is 23.4 Å². The van der Waals surface area contributed by atoms with Gasteiger partial charge in [-0.1, -0.05) is 32.3 Å². The van der Waals surface area contributed by atoms with Crippen LogP contribution in [-0.2, 0) is 4.74 Å². The first kappa shape index (κ1) is 10.7. The molecule has 1 fully saturated rings. The van der Waals surface area contributed by atoms with Crippen LogP contribution in [0.3, 0.4) is 0 Å². The third-order valence-electron chi connectivity index (χ3n) is 2.64. The quantitative estimate of drug-likeness (QED) is 0.374. The van der Waals surface area contributed by atoms with Gasteiger partial charge in [-0.15, -0.1) is 6.58 Å². The van der Waals surface area contributed by atoms with Gasteiger partial charge in [-0.25, -0.2) is 0 Å². The molecule has 0 aromatic heterocycles. The third kappa shape index (κ3) is 3.12. The SMILES string of the molecule is C=CCC(O)(CCCCC)C1CO1. The van der Waals surface area contributed by atoms with Crippen molar-refractivity contribution in [3.63, 3.8) is 0 Å². The highest BCUT2D eigenvalue weighted by atomic mass is 16.6. The molecule has 1 N–H and O–H groups in total. The Morgan fingerprint density at radius 2 is 2.31 bits per heavy atom. The summed E-state index contributed by atoms with van der Waals surface area (Å²) in [6.07, 6.45) is 6.82. The molecule has 76 valence electrons. The molecule has 13 heavy (non-hydrogen) atoms. The van der Waals surface area contributed by atoms with E-state index < -0.39 is 5.60 Å². The van der Waals surface area contributed by atoms with Crippen LogP contribution in [0.15, 0.2) is 12.7 Å². The van der Waals surface area contributed by atoms with Crippen LogP contribution in [0.2, 0.25) is 0 Å². The fourth-order valence-corrected chi connectivity index (χ4v) is 1.68. The Hall–Kier alpha value is -0.340. The Morgan fingerprint density at radius 3 is 2.77 bits per heavy atom. The van der Waals surface area contributed by atoms with E-state index in [1.54, 1.807) is 6.08 Å². The summed E-state index contributed by atoms with van der Waals surface area (Å²) in [5, 5.41) is 10.2. The zero-order chi connectivity index (χ0) is 9.73. The molecule has 0 amide bonds. The molecule has 0 aliphatic carbocycles. The van der Waals surface area contributed by atoms with Crippen molar-refractivity contribution >= 4 is 0 Å². The monoisotopic (exact) mass is 184 g/mol. The van der Waals surface area contributed by atoms with Crippen molar-refractivity contribution in [2.45, 2.75) is 50.7 Å². The van der Waals surface area contributed by atoms with Gasteiger partial charge in [0.15, 0.2) is 0 Å². The first-order valence-electron chi connectivity index (χ1n) is 5.18. The molecule has 0 bridgehead atoms. The molecule has 0 spiro atoms. The summed E-state index contributed by atoms with van der Waals surface area (Å²) in [6, 6.07) is 0. The highest BCUT2D eigenvalue weighted by Gasteiger charge is 2.43. The van der Waals surface area contributed by atoms with Crippen molar-refractivity contribution in [2.24, 2.45) is 0 Å². The summed E-state index contributed by atoms with van der Waals surface area (Å²) in [6.45, 7) is 6.55. The Kier molecular flexibility index (Phi) is 3.94. The van der Waals surface area contributed by atoms with Crippen molar-refractivity contribution in [3.05, 3.63) is 12.7 Å². The van der Waals surface area contributed by atoms with Crippen LogP contribution in [0.4, 0.5) is 0 Å². The van der Waals surface area contributed by atoms with E-state index in [9.17, 15) is 5.11 Å². The highest BCUT2D eigenvalue weighted by molar-refractivity contribution is 4.98. The van der Waals surface area contributed by atoms with Gasteiger partial charge in [0.05, 0.1) is 12.2 Å². The molecular formula is C11H20O2. The standard InChI is InChI=1S/C11H20O2/c1-3-5-6-8-11(12,7-4-2)10-9-13-10/h4,10,12H,2-3,5-9H2,1H3. The second kappa shape index (κ2) is 4.77. The van der Waals surface area contributed by atoms with Crippen LogP contribution in [0.1, 0.15) is 39.0 Å². The van der Waals surface area contributed by atoms with Crippen LogP contribution >= 0.6 is 0 Å². The lowest BCUT2D eigenvalue weighted by molar-refractivity contribution is 0.00426. The van der Waals surface area contributed by atoms with E-state index in [1.807, 2.05) is 0 Å². The predicted molar refractivity (Wildman–Crippen MR) is 53.6 cm³/mol. The number of rotatable bonds is 7. The van der Waals surface area contributed by atoms with Crippen LogP contribution in [0.5, 0.6) is 0 Å². The molecule has 1 aliphatic rings. The first-order valence-corrected chi connectivity index (χ1v) is 5.18. The van der Waals surface area contributed by atoms with Crippen molar-refractivity contribution in [1.29, 1.82) is 0 Å². The van der Waals surface area contributed by atoms with Crippen molar-refractivity contribution < 1.29 is 9.84 Å². The highest BCUT2D eigenvalue weighted by Crippen LogP contribution is 2.32. The van der Waals surface area contributed by atoms with Crippen molar-refractivity contribution in [3.8, 4) is 0 Å². The van der Waals surface area contributed by atoms with Gasteiger partial charge in [0, 0.05) is 0 Å². The third-order valence-corrected chi connectivity index (χ3v) is 2.64. The summed E-state index contributed by atoms with van der Waals surface area (Å²) in [5.74, 6) is 0. The molecule has 0 saturated carbocycles. The Labute approximate surface area is 80.6 Å². The molecule has 1 heterocycles. The first-order chi connectivity index (χ1) is 6.23. The van der Waals surface area contributed by atoms with E-state index in [1.165, 1.54) is 12.8 Å². The van der Waals surface area contributed by atoms with Crippen LogP contribution in [0, 0.1) is 0 Å². The van der Waals surface area contributed by atoms with Crippen molar-refractivity contribution in [2.75, 3.05) is 6.61 Å². The number of epoxide rings is 1. The minimum Gasteiger partial charge on any atom is -0.387 e. The molecule has 1 aliphatic heterocycles. The second-order valence-electron chi connectivity index (χ2n) is 3.88. The predicted octanol–water partition coefficient (Wildman–Crippen LogP) is 2.27. The second-order valence-corrected chi connectivity index (χ2v) is 3.88. The number of aliphatic hydroxyl groups is 1. The molecule has 1 rings (SSSR count). The van der Waals surface area contributed by atoms with E-state index >= 15 is 0 Å². The molecule has 0 radical (unpaired) electrons. The fourth-order valence-electron chi connectivity index (χ4n) is 1.68. The normalized spacial score (nSPS) is 25.2. The van der Waals surface area contributed by atoms with E-state index in [0.717, 1.165) is 19.4 Å². The summed E-state index contributed by atoms with van der Waals surface area (Å²) < 4.78 is 5.16. The minimum absolute atomic E-state index is 0.0716. The zero-order valence-electron chi connectivity index (χ0n) is 8.46. The van der Waals surface area contributed by atoms with Gasteiger partial charge < -0.3 is 9.84 Å². The largest absolute Gasteiger partial charge is 0.387 e. The smallest absolute Gasteiger partial charge is 0.110 e. The Balaban J connectivity index is 2.32. The maximum Gasteiger partial charge on any atom is 0.110 e. The molecular weight excluding hydrogens is 164 g/mol. The fraction of sp³-hybridized carbons (Fsp3) is 0.818. The van der Waals surface area contributed by atoms with E-state index in [2.05, 4.69) is 13.5 Å². The average molecular weight is 184 g/mol. The molecule has 0 aromatic carbocycles. The van der Waals surface area contributed by atoms with Gasteiger partial charge in [-0.2, -0.15) is 0 Å². The lowest BCUT2D eigenvalue weighted by Crippen LogP contribution is -2.34. The van der Waals surface area contributed by atoms with Crippen LogP contribution < -0.4 is 0 Å².